The minimum atomic E-state index is -0.00365. The Morgan fingerprint density at radius 1 is 1.25 bits per heavy atom. The predicted octanol–water partition coefficient (Wildman–Crippen LogP) is 1.96. The van der Waals surface area contributed by atoms with Crippen LogP contribution in [0.4, 0.5) is 0 Å². The second-order valence-electron chi connectivity index (χ2n) is 5.73. The van der Waals surface area contributed by atoms with Crippen LogP contribution in [-0.2, 0) is 24.7 Å². The second-order valence-corrected chi connectivity index (χ2v) is 5.73. The zero-order valence-corrected chi connectivity index (χ0v) is 15.0. The Balaban J connectivity index is 1.93. The lowest BCUT2D eigenvalue weighted by molar-refractivity contribution is -0.120. The normalized spacial score (nSPS) is 10.5. The third-order valence-electron chi connectivity index (χ3n) is 4.20. The minimum Gasteiger partial charge on any atom is -0.497 e. The van der Waals surface area contributed by atoms with Crippen molar-refractivity contribution in [2.24, 2.45) is 7.05 Å². The number of ether oxygens (including phenoxy) is 2. The summed E-state index contributed by atoms with van der Waals surface area (Å²) in [5.41, 5.74) is 3.93. The van der Waals surface area contributed by atoms with Crippen LogP contribution in [0.3, 0.4) is 0 Å². The first-order valence-electron chi connectivity index (χ1n) is 7.93. The van der Waals surface area contributed by atoms with Crippen molar-refractivity contribution in [3.63, 3.8) is 0 Å². The number of amides is 1. The number of aryl methyl sites for hydroxylation is 2. The Morgan fingerprint density at radius 3 is 2.58 bits per heavy atom. The van der Waals surface area contributed by atoms with Gasteiger partial charge in [0.2, 0.25) is 5.91 Å². The third kappa shape index (κ3) is 4.07. The van der Waals surface area contributed by atoms with Crippen LogP contribution >= 0.6 is 0 Å². The molecule has 0 aliphatic rings. The van der Waals surface area contributed by atoms with Crippen molar-refractivity contribution < 1.29 is 14.3 Å². The Labute approximate surface area is 142 Å². The molecule has 0 fully saturated rings. The highest BCUT2D eigenvalue weighted by molar-refractivity contribution is 5.79. The number of benzene rings is 1. The van der Waals surface area contributed by atoms with Gasteiger partial charge < -0.3 is 14.8 Å². The molecule has 1 aromatic carbocycles. The summed E-state index contributed by atoms with van der Waals surface area (Å²) in [5, 5.41) is 7.30. The van der Waals surface area contributed by atoms with Crippen molar-refractivity contribution in [2.75, 3.05) is 20.8 Å². The molecule has 1 amide bonds. The van der Waals surface area contributed by atoms with Gasteiger partial charge in [0.15, 0.2) is 0 Å². The van der Waals surface area contributed by atoms with Crippen LogP contribution in [-0.4, -0.2) is 36.5 Å². The van der Waals surface area contributed by atoms with Gasteiger partial charge in [-0.05, 0) is 44.0 Å². The Bertz CT molecular complexity index is 723. The zero-order chi connectivity index (χ0) is 17.7. The molecule has 6 nitrogen and oxygen atoms in total. The first-order chi connectivity index (χ1) is 11.5. The maximum atomic E-state index is 12.2. The summed E-state index contributed by atoms with van der Waals surface area (Å²) in [5.74, 6) is 1.57. The molecule has 0 saturated heterocycles. The summed E-state index contributed by atoms with van der Waals surface area (Å²) in [7, 11) is 5.16. The SMILES string of the molecule is COc1ccc(OC)c(CCNC(=O)Cc2c(C)nn(C)c2C)c1. The average Bonchev–Trinajstić information content (AvgIpc) is 2.81. The molecule has 1 heterocycles. The van der Waals surface area contributed by atoms with E-state index in [2.05, 4.69) is 10.4 Å². The first-order valence-corrected chi connectivity index (χ1v) is 7.93. The van der Waals surface area contributed by atoms with Crippen molar-refractivity contribution in [1.29, 1.82) is 0 Å². The summed E-state index contributed by atoms with van der Waals surface area (Å²) in [4.78, 5) is 12.2. The van der Waals surface area contributed by atoms with E-state index in [-0.39, 0.29) is 5.91 Å². The number of rotatable bonds is 7. The Hall–Kier alpha value is -2.50. The fourth-order valence-corrected chi connectivity index (χ4v) is 2.71. The number of aromatic nitrogens is 2. The van der Waals surface area contributed by atoms with Gasteiger partial charge in [-0.25, -0.2) is 0 Å². The largest absolute Gasteiger partial charge is 0.497 e. The van der Waals surface area contributed by atoms with Crippen molar-refractivity contribution in [3.05, 3.63) is 40.7 Å². The second kappa shape index (κ2) is 7.86. The molecule has 0 atom stereocenters. The maximum absolute atomic E-state index is 12.2. The number of methoxy groups -OCH3 is 2. The van der Waals surface area contributed by atoms with Crippen LogP contribution in [0.1, 0.15) is 22.5 Å². The zero-order valence-electron chi connectivity index (χ0n) is 15.0. The highest BCUT2D eigenvalue weighted by Crippen LogP contribution is 2.24. The molecule has 0 aliphatic carbocycles. The highest BCUT2D eigenvalue weighted by atomic mass is 16.5. The van der Waals surface area contributed by atoms with Crippen molar-refractivity contribution in [2.45, 2.75) is 26.7 Å². The molecule has 1 aromatic heterocycles. The number of hydrogen-bond donors (Lipinski definition) is 1. The molecule has 0 radical (unpaired) electrons. The number of nitrogens with one attached hydrogen (secondary N) is 1. The highest BCUT2D eigenvalue weighted by Gasteiger charge is 2.13. The van der Waals surface area contributed by atoms with Gasteiger partial charge in [-0.1, -0.05) is 0 Å². The van der Waals surface area contributed by atoms with E-state index in [4.69, 9.17) is 9.47 Å². The van der Waals surface area contributed by atoms with Gasteiger partial charge in [0.1, 0.15) is 11.5 Å². The summed E-state index contributed by atoms with van der Waals surface area (Å²) in [6.45, 7) is 4.45. The van der Waals surface area contributed by atoms with Gasteiger partial charge >= 0.3 is 0 Å². The molecule has 0 spiro atoms. The van der Waals surface area contributed by atoms with Gasteiger partial charge in [-0.15, -0.1) is 0 Å². The lowest BCUT2D eigenvalue weighted by atomic mass is 10.1. The van der Waals surface area contributed by atoms with Gasteiger partial charge in [0.05, 0.1) is 26.3 Å². The van der Waals surface area contributed by atoms with Crippen LogP contribution in [0, 0.1) is 13.8 Å². The van der Waals surface area contributed by atoms with Gasteiger partial charge in [-0.3, -0.25) is 9.48 Å². The Kier molecular flexibility index (Phi) is 5.84. The van der Waals surface area contributed by atoms with E-state index in [1.807, 2.05) is 39.1 Å². The summed E-state index contributed by atoms with van der Waals surface area (Å²) in [6.07, 6.45) is 1.03. The average molecular weight is 331 g/mol. The van der Waals surface area contributed by atoms with Crippen LogP contribution in [0.2, 0.25) is 0 Å². The van der Waals surface area contributed by atoms with E-state index in [0.717, 1.165) is 34.0 Å². The van der Waals surface area contributed by atoms with Crippen LogP contribution in [0.5, 0.6) is 11.5 Å². The lowest BCUT2D eigenvalue weighted by Crippen LogP contribution is -2.27. The fourth-order valence-electron chi connectivity index (χ4n) is 2.71. The predicted molar refractivity (Wildman–Crippen MR) is 92.6 cm³/mol. The van der Waals surface area contributed by atoms with E-state index in [1.165, 1.54) is 0 Å². The molecular formula is C18H25N3O3. The summed E-state index contributed by atoms with van der Waals surface area (Å²) >= 11 is 0. The monoisotopic (exact) mass is 331 g/mol. The fraction of sp³-hybridized carbons (Fsp3) is 0.444. The maximum Gasteiger partial charge on any atom is 0.224 e. The standard InChI is InChI=1S/C18H25N3O3/c1-12-16(13(2)21(3)20-12)11-18(22)19-9-8-14-10-15(23-4)6-7-17(14)24-5/h6-7,10H,8-9,11H2,1-5H3,(H,19,22). The van der Waals surface area contributed by atoms with Gasteiger partial charge in [0.25, 0.3) is 0 Å². The number of hydrogen-bond acceptors (Lipinski definition) is 4. The smallest absolute Gasteiger partial charge is 0.224 e. The lowest BCUT2D eigenvalue weighted by Gasteiger charge is -2.11. The van der Waals surface area contributed by atoms with Crippen molar-refractivity contribution in [1.82, 2.24) is 15.1 Å². The minimum absolute atomic E-state index is 0.00365. The van der Waals surface area contributed by atoms with Crippen LogP contribution < -0.4 is 14.8 Å². The van der Waals surface area contributed by atoms with E-state index >= 15 is 0 Å². The first kappa shape index (κ1) is 17.8. The van der Waals surface area contributed by atoms with Crippen molar-refractivity contribution >= 4 is 5.91 Å². The van der Waals surface area contributed by atoms with Crippen LogP contribution in [0.15, 0.2) is 18.2 Å². The molecule has 2 rings (SSSR count). The molecule has 0 saturated carbocycles. The van der Waals surface area contributed by atoms with E-state index in [1.54, 1.807) is 18.9 Å². The molecule has 2 aromatic rings. The molecule has 130 valence electrons. The van der Waals surface area contributed by atoms with Crippen molar-refractivity contribution in [3.8, 4) is 11.5 Å². The van der Waals surface area contributed by atoms with E-state index in [9.17, 15) is 4.79 Å². The number of carbonyl (C=O) groups is 1. The number of carbonyl (C=O) groups excluding carboxylic acids is 1. The molecule has 1 N–H and O–H groups in total. The summed E-state index contributed by atoms with van der Waals surface area (Å²) in [6, 6.07) is 5.66. The topological polar surface area (TPSA) is 65.4 Å². The molecule has 0 unspecified atom stereocenters. The Morgan fingerprint density at radius 2 is 2.00 bits per heavy atom. The number of nitrogens with zero attached hydrogens (tertiary/aromatic N) is 2. The van der Waals surface area contributed by atoms with Gasteiger partial charge in [0, 0.05) is 24.8 Å². The van der Waals surface area contributed by atoms with Crippen LogP contribution in [0.25, 0.3) is 0 Å². The quantitative estimate of drug-likeness (QED) is 0.842. The molecule has 24 heavy (non-hydrogen) atoms. The molecule has 0 bridgehead atoms. The molecule has 6 heteroatoms. The van der Waals surface area contributed by atoms with Gasteiger partial charge in [-0.2, -0.15) is 5.10 Å². The summed E-state index contributed by atoms with van der Waals surface area (Å²) < 4.78 is 12.4. The van der Waals surface area contributed by atoms with E-state index < -0.39 is 0 Å². The molecule has 0 aliphatic heterocycles. The molecular weight excluding hydrogens is 306 g/mol. The van der Waals surface area contributed by atoms with E-state index in [0.29, 0.717) is 19.4 Å². The third-order valence-corrected chi connectivity index (χ3v) is 4.20.